The van der Waals surface area contributed by atoms with E-state index in [0.717, 1.165) is 103 Å². The Bertz CT molecular complexity index is 1310. The number of allylic oxidation sites excluding steroid dienone is 18. The van der Waals surface area contributed by atoms with Crippen LogP contribution in [0.5, 0.6) is 0 Å². The molecule has 10 heteroatoms. The van der Waals surface area contributed by atoms with Crippen LogP contribution in [0, 0.1) is 0 Å². The van der Waals surface area contributed by atoms with Gasteiger partial charge in [-0.3, -0.25) is 18.6 Å². The standard InChI is InChI=1S/C48H78NO8P/c1-4-6-8-10-12-14-16-18-20-22-23-25-26-28-30-32-34-36-38-40-47(50)54-44-46(45-56-58(52,53)55-43-42-49-3)57-48(51)41-39-37-35-33-31-29-27-24-21-19-17-15-13-11-9-7-5-2/h6-9,12-15,18-21,23,25,27-30,46,49H,4-5,10-11,16-17,22,24,26,31-45H2,1-3H3,(H,52,53)/b8-6-,9-7-,14-12-,15-13-,20-18-,21-19-,25-23-,29-27-,30-28-. The van der Waals surface area contributed by atoms with Gasteiger partial charge in [0, 0.05) is 19.4 Å². The van der Waals surface area contributed by atoms with Gasteiger partial charge in [-0.25, -0.2) is 4.57 Å². The van der Waals surface area contributed by atoms with E-state index in [9.17, 15) is 19.0 Å². The van der Waals surface area contributed by atoms with E-state index in [1.807, 2.05) is 0 Å². The van der Waals surface area contributed by atoms with E-state index in [-0.39, 0.29) is 26.1 Å². The molecule has 0 aliphatic heterocycles. The number of hydrogen-bond donors (Lipinski definition) is 2. The molecule has 0 bridgehead atoms. The van der Waals surface area contributed by atoms with Crippen molar-refractivity contribution in [1.82, 2.24) is 5.32 Å². The maximum atomic E-state index is 12.6. The second-order valence-corrected chi connectivity index (χ2v) is 15.2. The average molecular weight is 828 g/mol. The maximum Gasteiger partial charge on any atom is 0.472 e. The van der Waals surface area contributed by atoms with Crippen LogP contribution >= 0.6 is 7.82 Å². The highest BCUT2D eigenvalue weighted by Gasteiger charge is 2.26. The van der Waals surface area contributed by atoms with Crippen molar-refractivity contribution < 1.29 is 37.6 Å². The number of ether oxygens (including phenoxy) is 2. The third-order valence-corrected chi connectivity index (χ3v) is 9.37. The lowest BCUT2D eigenvalue weighted by molar-refractivity contribution is -0.161. The molecule has 0 rings (SSSR count). The molecule has 0 radical (unpaired) electrons. The third kappa shape index (κ3) is 42.3. The predicted octanol–water partition coefficient (Wildman–Crippen LogP) is 12.6. The summed E-state index contributed by atoms with van der Waals surface area (Å²) in [4.78, 5) is 35.1. The number of esters is 2. The Morgan fingerprint density at radius 1 is 0.534 bits per heavy atom. The first-order chi connectivity index (χ1) is 28.3. The van der Waals surface area contributed by atoms with E-state index in [0.29, 0.717) is 19.4 Å². The Morgan fingerprint density at radius 2 is 0.931 bits per heavy atom. The Labute approximate surface area is 352 Å². The van der Waals surface area contributed by atoms with Crippen LogP contribution < -0.4 is 5.32 Å². The lowest BCUT2D eigenvalue weighted by atomic mass is 10.1. The minimum Gasteiger partial charge on any atom is -0.462 e. The molecule has 2 unspecified atom stereocenters. The quantitative estimate of drug-likeness (QED) is 0.0270. The van der Waals surface area contributed by atoms with Crippen LogP contribution in [0.4, 0.5) is 0 Å². The lowest BCUT2D eigenvalue weighted by Crippen LogP contribution is -2.29. The molecular formula is C48H78NO8P. The van der Waals surface area contributed by atoms with Gasteiger partial charge in [-0.15, -0.1) is 0 Å². The normalized spacial score (nSPS) is 14.3. The summed E-state index contributed by atoms with van der Waals surface area (Å²) in [5.41, 5.74) is 0. The summed E-state index contributed by atoms with van der Waals surface area (Å²) in [6.07, 6.45) is 55.6. The van der Waals surface area contributed by atoms with Crippen molar-refractivity contribution in [1.29, 1.82) is 0 Å². The van der Waals surface area contributed by atoms with Crippen molar-refractivity contribution in [3.63, 3.8) is 0 Å². The molecule has 0 aromatic rings. The topological polar surface area (TPSA) is 120 Å². The van der Waals surface area contributed by atoms with Crippen LogP contribution in [0.1, 0.15) is 142 Å². The van der Waals surface area contributed by atoms with Gasteiger partial charge in [0.2, 0.25) is 0 Å². The van der Waals surface area contributed by atoms with Crippen LogP contribution in [0.3, 0.4) is 0 Å². The molecule has 9 nitrogen and oxygen atoms in total. The number of unbranched alkanes of at least 4 members (excludes halogenated alkanes) is 7. The molecular weight excluding hydrogens is 750 g/mol. The van der Waals surface area contributed by atoms with Crippen molar-refractivity contribution in [3.8, 4) is 0 Å². The van der Waals surface area contributed by atoms with Crippen molar-refractivity contribution in [2.75, 3.05) is 33.4 Å². The molecule has 0 fully saturated rings. The van der Waals surface area contributed by atoms with Crippen LogP contribution in [-0.2, 0) is 32.7 Å². The minimum atomic E-state index is -4.37. The van der Waals surface area contributed by atoms with Gasteiger partial charge in [-0.05, 0) is 103 Å². The number of carbonyl (C=O) groups excluding carboxylic acids is 2. The summed E-state index contributed by atoms with van der Waals surface area (Å²) in [6.45, 7) is 3.90. The molecule has 0 spiro atoms. The molecule has 2 atom stereocenters. The Kier molecular flexibility index (Phi) is 40.8. The second-order valence-electron chi connectivity index (χ2n) is 13.8. The third-order valence-electron chi connectivity index (χ3n) is 8.39. The van der Waals surface area contributed by atoms with Gasteiger partial charge in [0.1, 0.15) is 6.61 Å². The first kappa shape index (κ1) is 54.7. The molecule has 0 heterocycles. The largest absolute Gasteiger partial charge is 0.472 e. The van der Waals surface area contributed by atoms with E-state index in [1.54, 1.807) is 7.05 Å². The van der Waals surface area contributed by atoms with E-state index >= 15 is 0 Å². The summed E-state index contributed by atoms with van der Waals surface area (Å²) in [6, 6.07) is 0. The monoisotopic (exact) mass is 828 g/mol. The number of phosphoric acid groups is 1. The fourth-order valence-corrected chi connectivity index (χ4v) is 5.91. The van der Waals surface area contributed by atoms with Crippen molar-refractivity contribution in [2.24, 2.45) is 0 Å². The highest BCUT2D eigenvalue weighted by Crippen LogP contribution is 2.43. The molecule has 0 aromatic heterocycles. The maximum absolute atomic E-state index is 12.6. The van der Waals surface area contributed by atoms with Gasteiger partial charge in [0.15, 0.2) is 6.10 Å². The Morgan fingerprint density at radius 3 is 1.38 bits per heavy atom. The van der Waals surface area contributed by atoms with Gasteiger partial charge in [0.05, 0.1) is 13.2 Å². The molecule has 0 aliphatic rings. The summed E-state index contributed by atoms with van der Waals surface area (Å²) in [5.74, 6) is -0.885. The van der Waals surface area contributed by atoms with Crippen molar-refractivity contribution >= 4 is 19.8 Å². The number of rotatable bonds is 39. The van der Waals surface area contributed by atoms with Crippen LogP contribution in [0.25, 0.3) is 0 Å². The summed E-state index contributed by atoms with van der Waals surface area (Å²) in [5, 5.41) is 2.81. The molecule has 328 valence electrons. The van der Waals surface area contributed by atoms with Crippen molar-refractivity contribution in [3.05, 3.63) is 109 Å². The highest BCUT2D eigenvalue weighted by molar-refractivity contribution is 7.47. The highest BCUT2D eigenvalue weighted by atomic mass is 31.2. The van der Waals surface area contributed by atoms with Crippen LogP contribution in [0.15, 0.2) is 109 Å². The Hall–Kier alpha value is -3.33. The van der Waals surface area contributed by atoms with E-state index in [2.05, 4.69) is 129 Å². The number of phosphoric ester groups is 1. The molecule has 0 saturated carbocycles. The van der Waals surface area contributed by atoms with Gasteiger partial charge in [-0.1, -0.05) is 142 Å². The zero-order valence-electron chi connectivity index (χ0n) is 36.2. The molecule has 58 heavy (non-hydrogen) atoms. The first-order valence-electron chi connectivity index (χ1n) is 21.8. The SMILES string of the molecule is CC/C=C\C/C=C\C/C=C\C/C=C\C/C=C\CCCCCC(=O)OCC(COP(=O)(O)OCCNC)OC(=O)CCCCCC/C=C\C/C=C\C/C=C\C/C=C\CC. The second kappa shape index (κ2) is 43.3. The fraction of sp³-hybridized carbons (Fsp3) is 0.583. The molecule has 0 saturated heterocycles. The number of likely N-dealkylation sites (N-methyl/N-ethyl adjacent to an activating group) is 1. The zero-order valence-corrected chi connectivity index (χ0v) is 37.1. The minimum absolute atomic E-state index is 0.0346. The van der Waals surface area contributed by atoms with Crippen LogP contribution in [0.2, 0.25) is 0 Å². The molecule has 0 aromatic carbocycles. The molecule has 0 amide bonds. The van der Waals surface area contributed by atoms with Gasteiger partial charge >= 0.3 is 19.8 Å². The van der Waals surface area contributed by atoms with Gasteiger partial charge in [0.25, 0.3) is 0 Å². The first-order valence-corrected chi connectivity index (χ1v) is 23.3. The lowest BCUT2D eigenvalue weighted by Gasteiger charge is -2.20. The predicted molar refractivity (Wildman–Crippen MR) is 242 cm³/mol. The number of carbonyl (C=O) groups is 2. The fourth-order valence-electron chi connectivity index (χ4n) is 5.16. The zero-order chi connectivity index (χ0) is 42.5. The number of hydrogen-bond acceptors (Lipinski definition) is 8. The van der Waals surface area contributed by atoms with Gasteiger partial charge < -0.3 is 19.7 Å². The summed E-state index contributed by atoms with van der Waals surface area (Å²) in [7, 11) is -2.68. The van der Waals surface area contributed by atoms with E-state index in [4.69, 9.17) is 18.5 Å². The van der Waals surface area contributed by atoms with Crippen LogP contribution in [-0.4, -0.2) is 56.3 Å². The molecule has 2 N–H and O–H groups in total. The van der Waals surface area contributed by atoms with Gasteiger partial charge in [-0.2, -0.15) is 0 Å². The van der Waals surface area contributed by atoms with E-state index in [1.165, 1.54) is 0 Å². The molecule has 0 aliphatic carbocycles. The summed E-state index contributed by atoms with van der Waals surface area (Å²) < 4.78 is 33.1. The van der Waals surface area contributed by atoms with Crippen molar-refractivity contribution in [2.45, 2.75) is 148 Å². The van der Waals surface area contributed by atoms with E-state index < -0.39 is 32.5 Å². The Balaban J connectivity index is 4.36. The summed E-state index contributed by atoms with van der Waals surface area (Å²) >= 11 is 0. The average Bonchev–Trinajstić information content (AvgIpc) is 3.21. The number of nitrogens with one attached hydrogen (secondary N) is 1. The smallest absolute Gasteiger partial charge is 0.462 e.